The van der Waals surface area contributed by atoms with Crippen molar-refractivity contribution >= 4 is 29.2 Å². The molecule has 8 heteroatoms. The van der Waals surface area contributed by atoms with Crippen LogP contribution in [0.1, 0.15) is 31.7 Å². The van der Waals surface area contributed by atoms with Gasteiger partial charge in [-0.1, -0.05) is 23.7 Å². The first kappa shape index (κ1) is 18.7. The van der Waals surface area contributed by atoms with Crippen LogP contribution < -0.4 is 10.6 Å². The second-order valence-electron chi connectivity index (χ2n) is 5.42. The Kier molecular flexibility index (Phi) is 7.23. The first-order valence-electron chi connectivity index (χ1n) is 8.21. The van der Waals surface area contributed by atoms with E-state index in [4.69, 9.17) is 16.9 Å². The quantitative estimate of drug-likeness (QED) is 0.267. The number of hydrogen-bond donors (Lipinski definition) is 2. The molecule has 2 N–H and O–H groups in total. The second-order valence-corrected chi connectivity index (χ2v) is 5.86. The van der Waals surface area contributed by atoms with Crippen molar-refractivity contribution in [2.45, 2.75) is 26.2 Å². The lowest BCUT2D eigenvalue weighted by atomic mass is 10.0. The average molecular weight is 361 g/mol. The predicted octanol–water partition coefficient (Wildman–Crippen LogP) is 2.09. The molecule has 0 aliphatic carbocycles. The summed E-state index contributed by atoms with van der Waals surface area (Å²) >= 11 is 5.91. The molecule has 0 spiro atoms. The normalized spacial score (nSPS) is 14.8. The summed E-state index contributed by atoms with van der Waals surface area (Å²) < 4.78 is 0. The minimum absolute atomic E-state index is 0.0174. The molecule has 0 aromatic heterocycles. The lowest BCUT2D eigenvalue weighted by Crippen LogP contribution is -2.35. The van der Waals surface area contributed by atoms with Gasteiger partial charge in [-0.2, -0.15) is 10.4 Å². The number of halogens is 1. The van der Waals surface area contributed by atoms with Crippen LogP contribution in [0.3, 0.4) is 0 Å². The molecular formula is C17H21ClN6O. The number of carbonyl (C=O) groups is 1. The van der Waals surface area contributed by atoms with E-state index >= 15 is 0 Å². The van der Waals surface area contributed by atoms with E-state index in [2.05, 4.69) is 20.7 Å². The minimum atomic E-state index is 0.0174. The molecule has 0 radical (unpaired) electrons. The monoisotopic (exact) mass is 360 g/mol. The largest absolute Gasteiger partial charge is 0.356 e. The van der Waals surface area contributed by atoms with Crippen molar-refractivity contribution in [1.82, 2.24) is 15.6 Å². The number of amides is 1. The highest BCUT2D eigenvalue weighted by molar-refractivity contribution is 6.30. The summed E-state index contributed by atoms with van der Waals surface area (Å²) in [5.74, 6) is 0.462. The Morgan fingerprint density at radius 2 is 2.16 bits per heavy atom. The fourth-order valence-electron chi connectivity index (χ4n) is 2.40. The van der Waals surface area contributed by atoms with Crippen molar-refractivity contribution in [3.8, 4) is 6.19 Å². The van der Waals surface area contributed by atoms with Crippen LogP contribution in [0, 0.1) is 11.5 Å². The number of nitrogens with zero attached hydrogens (tertiary/aromatic N) is 4. The Labute approximate surface area is 152 Å². The number of nitriles is 1. The van der Waals surface area contributed by atoms with Gasteiger partial charge in [0.1, 0.15) is 0 Å². The number of carbonyl (C=O) groups excluding carboxylic acids is 1. The summed E-state index contributed by atoms with van der Waals surface area (Å²) in [5, 5.41) is 20.8. The van der Waals surface area contributed by atoms with Crippen molar-refractivity contribution in [3.05, 3.63) is 34.9 Å². The van der Waals surface area contributed by atoms with Gasteiger partial charge in [-0.15, -0.1) is 0 Å². The molecule has 0 fully saturated rings. The highest BCUT2D eigenvalue weighted by atomic mass is 35.5. The van der Waals surface area contributed by atoms with E-state index in [0.29, 0.717) is 49.9 Å². The number of benzene rings is 1. The molecule has 0 saturated heterocycles. The van der Waals surface area contributed by atoms with Crippen LogP contribution in [-0.2, 0) is 4.79 Å². The van der Waals surface area contributed by atoms with Crippen molar-refractivity contribution in [3.63, 3.8) is 0 Å². The molecule has 2 rings (SSSR count). The molecular weight excluding hydrogens is 340 g/mol. The smallest absolute Gasteiger partial charge is 0.243 e. The zero-order chi connectivity index (χ0) is 18.1. The lowest BCUT2D eigenvalue weighted by Gasteiger charge is -2.23. The molecule has 1 aliphatic rings. The summed E-state index contributed by atoms with van der Waals surface area (Å²) in [6.45, 7) is 3.58. The van der Waals surface area contributed by atoms with Crippen LogP contribution in [0.4, 0.5) is 0 Å². The SMILES string of the molecule is CCNC(=NCCCN1N=C(c2ccc(Cl)cc2)CCC1=O)NC#N. The van der Waals surface area contributed by atoms with Gasteiger partial charge in [-0.25, -0.2) is 5.01 Å². The number of nitrogens with one attached hydrogen (secondary N) is 2. The van der Waals surface area contributed by atoms with E-state index in [1.54, 1.807) is 0 Å². The van der Waals surface area contributed by atoms with Gasteiger partial charge in [-0.05, 0) is 31.0 Å². The molecule has 1 aliphatic heterocycles. The fourth-order valence-corrected chi connectivity index (χ4v) is 2.52. The van der Waals surface area contributed by atoms with E-state index in [-0.39, 0.29) is 5.91 Å². The maximum Gasteiger partial charge on any atom is 0.243 e. The third kappa shape index (κ3) is 5.76. The van der Waals surface area contributed by atoms with Gasteiger partial charge < -0.3 is 5.32 Å². The van der Waals surface area contributed by atoms with Gasteiger partial charge in [0.2, 0.25) is 11.9 Å². The average Bonchev–Trinajstić information content (AvgIpc) is 2.61. The van der Waals surface area contributed by atoms with Crippen LogP contribution >= 0.6 is 11.6 Å². The summed E-state index contributed by atoms with van der Waals surface area (Å²) in [5.41, 5.74) is 1.87. The zero-order valence-corrected chi connectivity index (χ0v) is 14.9. The molecule has 0 unspecified atom stereocenters. The van der Waals surface area contributed by atoms with E-state index in [9.17, 15) is 4.79 Å². The van der Waals surface area contributed by atoms with Gasteiger partial charge in [0.05, 0.1) is 5.71 Å². The summed E-state index contributed by atoms with van der Waals surface area (Å²) in [6, 6.07) is 7.46. The molecule has 25 heavy (non-hydrogen) atoms. The number of hydrogen-bond acceptors (Lipinski definition) is 4. The molecule has 1 aromatic carbocycles. The lowest BCUT2D eigenvalue weighted by molar-refractivity contribution is -0.131. The Balaban J connectivity index is 1.94. The maximum atomic E-state index is 12.1. The first-order valence-corrected chi connectivity index (χ1v) is 8.59. The van der Waals surface area contributed by atoms with E-state index < -0.39 is 0 Å². The molecule has 132 valence electrons. The van der Waals surface area contributed by atoms with Crippen LogP contribution in [0.2, 0.25) is 5.02 Å². The second kappa shape index (κ2) is 9.64. The van der Waals surface area contributed by atoms with E-state index in [1.165, 1.54) is 5.01 Å². The van der Waals surface area contributed by atoms with Crippen molar-refractivity contribution in [2.75, 3.05) is 19.6 Å². The summed E-state index contributed by atoms with van der Waals surface area (Å²) in [4.78, 5) is 16.3. The van der Waals surface area contributed by atoms with Crippen molar-refractivity contribution < 1.29 is 4.79 Å². The Bertz CT molecular complexity index is 692. The Morgan fingerprint density at radius 3 is 2.84 bits per heavy atom. The van der Waals surface area contributed by atoms with Gasteiger partial charge in [-0.3, -0.25) is 15.1 Å². The fraction of sp³-hybridized carbons (Fsp3) is 0.412. The Hall–Kier alpha value is -2.59. The summed E-state index contributed by atoms with van der Waals surface area (Å²) in [7, 11) is 0. The molecule has 0 saturated carbocycles. The maximum absolute atomic E-state index is 12.1. The van der Waals surface area contributed by atoms with Crippen LogP contribution in [0.15, 0.2) is 34.4 Å². The van der Waals surface area contributed by atoms with E-state index in [1.807, 2.05) is 37.4 Å². The summed E-state index contributed by atoms with van der Waals surface area (Å²) in [6.07, 6.45) is 3.58. The third-order valence-electron chi connectivity index (χ3n) is 3.60. The van der Waals surface area contributed by atoms with Crippen LogP contribution in [0.5, 0.6) is 0 Å². The van der Waals surface area contributed by atoms with Crippen molar-refractivity contribution in [2.24, 2.45) is 10.1 Å². The minimum Gasteiger partial charge on any atom is -0.356 e. The van der Waals surface area contributed by atoms with Gasteiger partial charge in [0.15, 0.2) is 6.19 Å². The third-order valence-corrected chi connectivity index (χ3v) is 3.85. The predicted molar refractivity (Wildman–Crippen MR) is 98.3 cm³/mol. The Morgan fingerprint density at radius 1 is 1.40 bits per heavy atom. The molecule has 1 heterocycles. The molecule has 0 bridgehead atoms. The number of guanidine groups is 1. The zero-order valence-electron chi connectivity index (χ0n) is 14.1. The van der Waals surface area contributed by atoms with Crippen molar-refractivity contribution in [1.29, 1.82) is 5.26 Å². The first-order chi connectivity index (χ1) is 12.1. The topological polar surface area (TPSA) is 92.9 Å². The number of hydrazone groups is 1. The number of aliphatic imine (C=N–C) groups is 1. The molecule has 1 aromatic rings. The van der Waals surface area contributed by atoms with Gasteiger partial charge in [0, 0.05) is 37.5 Å². The molecule has 7 nitrogen and oxygen atoms in total. The van der Waals surface area contributed by atoms with E-state index in [0.717, 1.165) is 11.3 Å². The highest BCUT2D eigenvalue weighted by Gasteiger charge is 2.20. The molecule has 0 atom stereocenters. The van der Waals surface area contributed by atoms with Crippen LogP contribution in [0.25, 0.3) is 0 Å². The number of rotatable bonds is 6. The standard InChI is InChI=1S/C17H21ClN6O/c1-2-20-17(22-12-19)21-10-3-11-24-16(25)9-8-15(23-24)13-4-6-14(18)7-5-13/h4-7H,2-3,8-11H2,1H3,(H2,20,21,22). The van der Waals surface area contributed by atoms with Gasteiger partial charge >= 0.3 is 0 Å². The van der Waals surface area contributed by atoms with Crippen LogP contribution in [-0.4, -0.2) is 42.2 Å². The van der Waals surface area contributed by atoms with Gasteiger partial charge in [0.25, 0.3) is 0 Å². The highest BCUT2D eigenvalue weighted by Crippen LogP contribution is 2.17. The molecule has 1 amide bonds.